The van der Waals surface area contributed by atoms with Crippen LogP contribution in [0.1, 0.15) is 35.8 Å². The highest BCUT2D eigenvalue weighted by molar-refractivity contribution is 5.85. The average Bonchev–Trinajstić information content (AvgIpc) is 2.18. The minimum Gasteiger partial charge on any atom is -0.477 e. The smallest absolute Gasteiger partial charge is 0.354 e. The van der Waals surface area contributed by atoms with Crippen molar-refractivity contribution in [2.45, 2.75) is 19.4 Å². The van der Waals surface area contributed by atoms with Gasteiger partial charge >= 0.3 is 5.97 Å². The number of aromatic amines is 1. The average molecular weight is 212 g/mol. The van der Waals surface area contributed by atoms with Crippen LogP contribution in [0.3, 0.4) is 0 Å². The van der Waals surface area contributed by atoms with E-state index in [-0.39, 0.29) is 11.5 Å². The molecule has 1 rings (SSSR count). The maximum Gasteiger partial charge on any atom is 0.354 e. The minimum absolute atomic E-state index is 0.241. The molecule has 1 aromatic rings. The Kier molecular flexibility index (Phi) is 3.56. The van der Waals surface area contributed by atoms with Crippen molar-refractivity contribution in [2.75, 3.05) is 7.11 Å². The zero-order chi connectivity index (χ0) is 11.4. The molecule has 0 spiro atoms. The van der Waals surface area contributed by atoms with Crippen LogP contribution in [0.5, 0.6) is 0 Å². The molecular weight excluding hydrogens is 200 g/mol. The Balaban J connectivity index is 3.19. The number of aromatic carboxylic acids is 1. The first-order valence-corrected chi connectivity index (χ1v) is 4.45. The lowest BCUT2D eigenvalue weighted by Gasteiger charge is -2.11. The van der Waals surface area contributed by atoms with Crippen LogP contribution in [-0.4, -0.2) is 28.2 Å². The molecule has 0 aromatic carbocycles. The molecule has 1 atom stereocenters. The number of carboxylic acid groups (broad SMARTS) is 1. The molecule has 15 heavy (non-hydrogen) atoms. The SMILES string of the molecule is CCC(OC)c1nc(C(=O)O)cc(=O)[nH]1. The maximum atomic E-state index is 11.1. The van der Waals surface area contributed by atoms with Gasteiger partial charge in [-0.2, -0.15) is 0 Å². The van der Waals surface area contributed by atoms with Crippen LogP contribution in [0.4, 0.5) is 0 Å². The molecule has 0 saturated heterocycles. The van der Waals surface area contributed by atoms with Crippen molar-refractivity contribution in [3.05, 3.63) is 27.9 Å². The number of aromatic nitrogens is 2. The van der Waals surface area contributed by atoms with Gasteiger partial charge in [-0.3, -0.25) is 4.79 Å². The summed E-state index contributed by atoms with van der Waals surface area (Å²) in [7, 11) is 1.47. The molecule has 0 aliphatic heterocycles. The molecule has 0 aliphatic carbocycles. The normalized spacial score (nSPS) is 12.4. The van der Waals surface area contributed by atoms with Crippen LogP contribution >= 0.6 is 0 Å². The lowest BCUT2D eigenvalue weighted by Crippen LogP contribution is -2.18. The first-order chi connectivity index (χ1) is 7.08. The second-order valence-electron chi connectivity index (χ2n) is 2.95. The van der Waals surface area contributed by atoms with Crippen molar-refractivity contribution in [1.29, 1.82) is 0 Å². The second-order valence-corrected chi connectivity index (χ2v) is 2.95. The van der Waals surface area contributed by atoms with Gasteiger partial charge in [-0.15, -0.1) is 0 Å². The van der Waals surface area contributed by atoms with Crippen molar-refractivity contribution in [1.82, 2.24) is 9.97 Å². The van der Waals surface area contributed by atoms with Crippen LogP contribution in [-0.2, 0) is 4.74 Å². The molecule has 0 bridgehead atoms. The van der Waals surface area contributed by atoms with Crippen molar-refractivity contribution in [3.63, 3.8) is 0 Å². The molecule has 0 saturated carbocycles. The molecule has 1 aromatic heterocycles. The molecule has 0 fully saturated rings. The van der Waals surface area contributed by atoms with E-state index in [1.165, 1.54) is 7.11 Å². The van der Waals surface area contributed by atoms with Gasteiger partial charge in [-0.05, 0) is 6.42 Å². The summed E-state index contributed by atoms with van der Waals surface area (Å²) in [6.45, 7) is 1.85. The number of nitrogens with zero attached hydrogens (tertiary/aromatic N) is 1. The summed E-state index contributed by atoms with van der Waals surface area (Å²) in [5.41, 5.74) is -0.767. The van der Waals surface area contributed by atoms with E-state index in [9.17, 15) is 9.59 Å². The van der Waals surface area contributed by atoms with Crippen molar-refractivity contribution in [3.8, 4) is 0 Å². The number of carbonyl (C=O) groups is 1. The number of ether oxygens (including phenoxy) is 1. The lowest BCUT2D eigenvalue weighted by molar-refractivity contribution is 0.0683. The van der Waals surface area contributed by atoms with E-state index >= 15 is 0 Å². The van der Waals surface area contributed by atoms with Gasteiger partial charge in [0.1, 0.15) is 11.9 Å². The van der Waals surface area contributed by atoms with Gasteiger partial charge in [-0.1, -0.05) is 6.92 Å². The van der Waals surface area contributed by atoms with Crippen LogP contribution in [0.2, 0.25) is 0 Å². The highest BCUT2D eigenvalue weighted by Gasteiger charge is 2.14. The summed E-state index contributed by atoms with van der Waals surface area (Å²) in [4.78, 5) is 28.0. The van der Waals surface area contributed by atoms with Crippen LogP contribution in [0.25, 0.3) is 0 Å². The summed E-state index contributed by atoms with van der Waals surface area (Å²) in [6.07, 6.45) is 0.208. The third-order valence-corrected chi connectivity index (χ3v) is 1.94. The summed E-state index contributed by atoms with van der Waals surface area (Å²) >= 11 is 0. The second kappa shape index (κ2) is 4.70. The zero-order valence-corrected chi connectivity index (χ0v) is 8.48. The fraction of sp³-hybridized carbons (Fsp3) is 0.444. The zero-order valence-electron chi connectivity index (χ0n) is 8.48. The molecule has 6 heteroatoms. The first-order valence-electron chi connectivity index (χ1n) is 4.45. The highest BCUT2D eigenvalue weighted by atomic mass is 16.5. The van der Waals surface area contributed by atoms with E-state index in [0.717, 1.165) is 6.07 Å². The van der Waals surface area contributed by atoms with Gasteiger partial charge in [0.15, 0.2) is 5.69 Å². The Labute approximate surface area is 85.9 Å². The molecule has 2 N–H and O–H groups in total. The minimum atomic E-state index is -1.23. The van der Waals surface area contributed by atoms with Gasteiger partial charge in [0.05, 0.1) is 0 Å². The Hall–Kier alpha value is -1.69. The Morgan fingerprint density at radius 1 is 1.73 bits per heavy atom. The van der Waals surface area contributed by atoms with Gasteiger partial charge in [0.2, 0.25) is 0 Å². The first kappa shape index (κ1) is 11.4. The van der Waals surface area contributed by atoms with Gasteiger partial charge in [0, 0.05) is 13.2 Å². The van der Waals surface area contributed by atoms with Crippen LogP contribution in [0.15, 0.2) is 10.9 Å². The van der Waals surface area contributed by atoms with Gasteiger partial charge < -0.3 is 14.8 Å². The summed E-state index contributed by atoms with van der Waals surface area (Å²) in [5.74, 6) is -0.988. The number of nitrogens with one attached hydrogen (secondary N) is 1. The molecule has 6 nitrogen and oxygen atoms in total. The summed E-state index contributed by atoms with van der Waals surface area (Å²) in [6, 6.07) is 0.939. The maximum absolute atomic E-state index is 11.1. The molecule has 0 aliphatic rings. The number of hydrogen-bond acceptors (Lipinski definition) is 4. The lowest BCUT2D eigenvalue weighted by atomic mass is 10.2. The molecule has 0 amide bonds. The van der Waals surface area contributed by atoms with Crippen molar-refractivity contribution in [2.24, 2.45) is 0 Å². The van der Waals surface area contributed by atoms with E-state index in [2.05, 4.69) is 9.97 Å². The number of methoxy groups -OCH3 is 1. The predicted octanol–water partition coefficient (Wildman–Crippen LogP) is 0.566. The molecule has 1 heterocycles. The number of H-pyrrole nitrogens is 1. The number of hydrogen-bond donors (Lipinski definition) is 2. The molecule has 82 valence electrons. The van der Waals surface area contributed by atoms with E-state index in [1.54, 1.807) is 0 Å². The topological polar surface area (TPSA) is 92.3 Å². The van der Waals surface area contributed by atoms with Crippen LogP contribution < -0.4 is 5.56 Å². The van der Waals surface area contributed by atoms with Crippen LogP contribution in [0, 0.1) is 0 Å². The number of rotatable bonds is 4. The summed E-state index contributed by atoms with van der Waals surface area (Å²) < 4.78 is 5.05. The quantitative estimate of drug-likeness (QED) is 0.760. The third-order valence-electron chi connectivity index (χ3n) is 1.94. The summed E-state index contributed by atoms with van der Waals surface area (Å²) in [5, 5.41) is 8.70. The van der Waals surface area contributed by atoms with E-state index in [4.69, 9.17) is 9.84 Å². The monoisotopic (exact) mass is 212 g/mol. The fourth-order valence-electron chi connectivity index (χ4n) is 1.21. The van der Waals surface area contributed by atoms with Gasteiger partial charge in [-0.25, -0.2) is 9.78 Å². The highest BCUT2D eigenvalue weighted by Crippen LogP contribution is 2.14. The molecule has 0 radical (unpaired) electrons. The van der Waals surface area contributed by atoms with E-state index in [0.29, 0.717) is 6.42 Å². The fourth-order valence-corrected chi connectivity index (χ4v) is 1.21. The van der Waals surface area contributed by atoms with E-state index < -0.39 is 17.6 Å². The van der Waals surface area contributed by atoms with Gasteiger partial charge in [0.25, 0.3) is 5.56 Å². The Bertz CT molecular complexity index is 409. The standard InChI is InChI=1S/C9H12N2O4/c1-3-6(15-2)8-10-5(9(13)14)4-7(12)11-8/h4,6H,3H2,1-2H3,(H,13,14)(H,10,11,12). The van der Waals surface area contributed by atoms with Crippen molar-refractivity contribution >= 4 is 5.97 Å². The third kappa shape index (κ3) is 2.63. The van der Waals surface area contributed by atoms with Crippen molar-refractivity contribution < 1.29 is 14.6 Å². The number of carboxylic acids is 1. The Morgan fingerprint density at radius 3 is 2.87 bits per heavy atom. The largest absolute Gasteiger partial charge is 0.477 e. The molecule has 1 unspecified atom stereocenters. The Morgan fingerprint density at radius 2 is 2.40 bits per heavy atom. The predicted molar refractivity (Wildman–Crippen MR) is 51.9 cm³/mol. The van der Waals surface area contributed by atoms with E-state index in [1.807, 2.05) is 6.92 Å². The molecular formula is C9H12N2O4.